The second-order valence-electron chi connectivity index (χ2n) is 4.38. The molecular formula is C15H22F2O2. The van der Waals surface area contributed by atoms with Crippen LogP contribution in [0.5, 0.6) is 11.5 Å². The van der Waals surface area contributed by atoms with Crippen molar-refractivity contribution in [2.45, 2.75) is 39.5 Å². The average Bonchev–Trinajstić information content (AvgIpc) is 2.42. The topological polar surface area (TPSA) is 18.5 Å². The molecule has 0 unspecified atom stereocenters. The molecule has 0 aliphatic carbocycles. The summed E-state index contributed by atoms with van der Waals surface area (Å²) in [7, 11) is 0. The van der Waals surface area contributed by atoms with E-state index in [-0.39, 0.29) is 5.82 Å². The van der Waals surface area contributed by atoms with Gasteiger partial charge in [0.05, 0.1) is 19.9 Å². The maximum absolute atomic E-state index is 13.8. The zero-order valence-electron chi connectivity index (χ0n) is 11.7. The Hall–Kier alpha value is -1.32. The van der Waals surface area contributed by atoms with Crippen LogP contribution in [-0.2, 0) is 6.42 Å². The van der Waals surface area contributed by atoms with E-state index in [1.165, 1.54) is 6.07 Å². The van der Waals surface area contributed by atoms with Gasteiger partial charge in [-0.2, -0.15) is 0 Å². The maximum Gasteiger partial charge on any atom is 0.164 e. The molecule has 1 aromatic carbocycles. The largest absolute Gasteiger partial charge is 0.490 e. The van der Waals surface area contributed by atoms with Crippen molar-refractivity contribution in [3.8, 4) is 11.5 Å². The van der Waals surface area contributed by atoms with E-state index in [2.05, 4.69) is 0 Å². The fraction of sp³-hybridized carbons (Fsp3) is 0.600. The van der Waals surface area contributed by atoms with Crippen molar-refractivity contribution in [2.75, 3.05) is 19.9 Å². The Labute approximate surface area is 113 Å². The summed E-state index contributed by atoms with van der Waals surface area (Å²) in [4.78, 5) is 0. The molecule has 0 bridgehead atoms. The molecule has 4 heteroatoms. The Morgan fingerprint density at radius 2 is 1.58 bits per heavy atom. The lowest BCUT2D eigenvalue weighted by molar-refractivity contribution is 0.266. The molecule has 0 saturated heterocycles. The van der Waals surface area contributed by atoms with Crippen LogP contribution in [0, 0.1) is 5.82 Å². The minimum absolute atomic E-state index is 0.319. The first kappa shape index (κ1) is 15.7. The fourth-order valence-corrected chi connectivity index (χ4v) is 1.68. The lowest BCUT2D eigenvalue weighted by atomic mass is 10.1. The van der Waals surface area contributed by atoms with Crippen LogP contribution in [0.1, 0.15) is 38.7 Å². The van der Waals surface area contributed by atoms with Crippen LogP contribution in [0.25, 0.3) is 0 Å². The third-order valence-electron chi connectivity index (χ3n) is 2.62. The van der Waals surface area contributed by atoms with Crippen molar-refractivity contribution in [3.05, 3.63) is 23.5 Å². The number of benzene rings is 1. The van der Waals surface area contributed by atoms with Crippen molar-refractivity contribution in [1.29, 1.82) is 0 Å². The van der Waals surface area contributed by atoms with Gasteiger partial charge in [0.2, 0.25) is 0 Å². The van der Waals surface area contributed by atoms with Crippen LogP contribution < -0.4 is 9.47 Å². The first-order valence-corrected chi connectivity index (χ1v) is 6.86. The number of hydrogen-bond acceptors (Lipinski definition) is 2. The van der Waals surface area contributed by atoms with Gasteiger partial charge in [-0.15, -0.1) is 0 Å². The molecule has 0 spiro atoms. The van der Waals surface area contributed by atoms with Gasteiger partial charge < -0.3 is 9.47 Å². The molecule has 0 aromatic heterocycles. The van der Waals surface area contributed by atoms with Gasteiger partial charge in [-0.05, 0) is 37.3 Å². The molecule has 0 fully saturated rings. The number of ether oxygens (including phenoxy) is 2. The molecule has 0 radical (unpaired) electrons. The summed E-state index contributed by atoms with van der Waals surface area (Å²) in [5.74, 6) is 0.616. The van der Waals surface area contributed by atoms with Gasteiger partial charge in [0, 0.05) is 6.07 Å². The predicted molar refractivity (Wildman–Crippen MR) is 72.3 cm³/mol. The Balaban J connectivity index is 2.91. The van der Waals surface area contributed by atoms with Crippen LogP contribution >= 0.6 is 0 Å². The second-order valence-corrected chi connectivity index (χ2v) is 4.38. The molecule has 19 heavy (non-hydrogen) atoms. The highest BCUT2D eigenvalue weighted by molar-refractivity contribution is 5.44. The molecule has 1 aromatic rings. The molecule has 108 valence electrons. The number of rotatable bonds is 9. The smallest absolute Gasteiger partial charge is 0.164 e. The SMILES string of the molecule is CCCOc1cc(F)c(CCCF)cc1OCCC. The summed E-state index contributed by atoms with van der Waals surface area (Å²) in [6.07, 6.45) is 2.40. The lowest BCUT2D eigenvalue weighted by Crippen LogP contribution is -2.03. The second kappa shape index (κ2) is 8.73. The summed E-state index contributed by atoms with van der Waals surface area (Å²) < 4.78 is 37.1. The molecule has 0 amide bonds. The Morgan fingerprint density at radius 3 is 2.11 bits per heavy atom. The van der Waals surface area contributed by atoms with E-state index in [9.17, 15) is 8.78 Å². The zero-order chi connectivity index (χ0) is 14.1. The molecule has 0 aliphatic rings. The highest BCUT2D eigenvalue weighted by atomic mass is 19.1. The maximum atomic E-state index is 13.8. The summed E-state index contributed by atoms with van der Waals surface area (Å²) in [5, 5.41) is 0. The Bertz CT molecular complexity index is 381. The number of alkyl halides is 1. The lowest BCUT2D eigenvalue weighted by Gasteiger charge is -2.14. The quantitative estimate of drug-likeness (QED) is 0.667. The molecule has 1 rings (SSSR count). The van der Waals surface area contributed by atoms with Crippen molar-refractivity contribution < 1.29 is 18.3 Å². The third-order valence-corrected chi connectivity index (χ3v) is 2.62. The minimum atomic E-state index is -0.446. The van der Waals surface area contributed by atoms with E-state index in [0.717, 1.165) is 12.8 Å². The molecule has 0 heterocycles. The number of hydrogen-bond donors (Lipinski definition) is 0. The summed E-state index contributed by atoms with van der Waals surface area (Å²) in [6.45, 7) is 4.61. The number of halogens is 2. The summed E-state index contributed by atoms with van der Waals surface area (Å²) in [6, 6.07) is 2.97. The van der Waals surface area contributed by atoms with Gasteiger partial charge >= 0.3 is 0 Å². The molecule has 0 atom stereocenters. The van der Waals surface area contributed by atoms with E-state index in [1.807, 2.05) is 13.8 Å². The summed E-state index contributed by atoms with van der Waals surface area (Å²) in [5.41, 5.74) is 0.479. The highest BCUT2D eigenvalue weighted by Gasteiger charge is 2.12. The van der Waals surface area contributed by atoms with Crippen molar-refractivity contribution in [1.82, 2.24) is 0 Å². The van der Waals surface area contributed by atoms with Gasteiger partial charge in [-0.3, -0.25) is 4.39 Å². The minimum Gasteiger partial charge on any atom is -0.490 e. The third kappa shape index (κ3) is 5.05. The molecular weight excluding hydrogens is 250 g/mol. The Kier molecular flexibility index (Phi) is 7.23. The van der Waals surface area contributed by atoms with Crippen LogP contribution in [0.3, 0.4) is 0 Å². The van der Waals surface area contributed by atoms with E-state index in [0.29, 0.717) is 43.1 Å². The van der Waals surface area contributed by atoms with Crippen molar-refractivity contribution >= 4 is 0 Å². The molecule has 2 nitrogen and oxygen atoms in total. The van der Waals surface area contributed by atoms with Gasteiger partial charge in [0.1, 0.15) is 5.82 Å². The van der Waals surface area contributed by atoms with Gasteiger partial charge in [0.25, 0.3) is 0 Å². The summed E-state index contributed by atoms with van der Waals surface area (Å²) >= 11 is 0. The van der Waals surface area contributed by atoms with Crippen LogP contribution in [0.2, 0.25) is 0 Å². The van der Waals surface area contributed by atoms with Crippen LogP contribution in [0.15, 0.2) is 12.1 Å². The van der Waals surface area contributed by atoms with E-state index >= 15 is 0 Å². The molecule has 0 N–H and O–H groups in total. The highest BCUT2D eigenvalue weighted by Crippen LogP contribution is 2.31. The fourth-order valence-electron chi connectivity index (χ4n) is 1.68. The van der Waals surface area contributed by atoms with Gasteiger partial charge in [-0.1, -0.05) is 13.8 Å². The first-order chi connectivity index (χ1) is 9.22. The standard InChI is InChI=1S/C15H22F2O2/c1-3-8-18-14-10-12(6-5-7-16)13(17)11-15(14)19-9-4-2/h10-11H,3-9H2,1-2H3. The monoisotopic (exact) mass is 272 g/mol. The average molecular weight is 272 g/mol. The molecule has 0 saturated carbocycles. The van der Waals surface area contributed by atoms with Crippen LogP contribution in [-0.4, -0.2) is 19.9 Å². The normalized spacial score (nSPS) is 10.5. The van der Waals surface area contributed by atoms with E-state index in [4.69, 9.17) is 9.47 Å². The predicted octanol–water partition coefficient (Wildman–Crippen LogP) is 4.31. The van der Waals surface area contributed by atoms with Gasteiger partial charge in [0.15, 0.2) is 11.5 Å². The Morgan fingerprint density at radius 1 is 1.00 bits per heavy atom. The van der Waals surface area contributed by atoms with Crippen LogP contribution in [0.4, 0.5) is 8.78 Å². The van der Waals surface area contributed by atoms with Gasteiger partial charge in [-0.25, -0.2) is 4.39 Å². The van der Waals surface area contributed by atoms with E-state index in [1.54, 1.807) is 6.07 Å². The zero-order valence-corrected chi connectivity index (χ0v) is 11.7. The number of aryl methyl sites for hydroxylation is 1. The van der Waals surface area contributed by atoms with Crippen molar-refractivity contribution in [3.63, 3.8) is 0 Å². The van der Waals surface area contributed by atoms with E-state index < -0.39 is 6.67 Å². The van der Waals surface area contributed by atoms with Crippen molar-refractivity contribution in [2.24, 2.45) is 0 Å². The first-order valence-electron chi connectivity index (χ1n) is 6.86. The molecule has 0 aliphatic heterocycles.